The zero-order valence-electron chi connectivity index (χ0n) is 9.35. The molecule has 3 nitrogen and oxygen atoms in total. The highest BCUT2D eigenvalue weighted by atomic mass is 32.1. The maximum absolute atomic E-state index is 11.6. The number of carbonyl (C=O) groups excluding carboxylic acids is 1. The molecule has 1 amide bonds. The molecule has 17 heavy (non-hydrogen) atoms. The number of nitrogens with two attached hydrogens (primary N) is 1. The summed E-state index contributed by atoms with van der Waals surface area (Å²) in [5.74, 6) is -0.0123. The van der Waals surface area contributed by atoms with Crippen molar-refractivity contribution in [1.82, 2.24) is 5.32 Å². The van der Waals surface area contributed by atoms with Gasteiger partial charge in [0.25, 0.3) is 5.91 Å². The Kier molecular flexibility index (Phi) is 3.77. The number of hydrogen-bond donors (Lipinski definition) is 2. The molecule has 0 unspecified atom stereocenters. The van der Waals surface area contributed by atoms with E-state index in [1.165, 1.54) is 16.9 Å². The summed E-state index contributed by atoms with van der Waals surface area (Å²) in [7, 11) is 0. The molecular weight excluding hydrogens is 232 g/mol. The SMILES string of the molecule is Nc1ccc(CCNC(=O)c2ccsc2)cc1. The lowest BCUT2D eigenvalue weighted by Gasteiger charge is -2.04. The minimum atomic E-state index is -0.0123. The molecule has 0 aliphatic carbocycles. The molecule has 0 bridgehead atoms. The number of benzene rings is 1. The third-order valence-corrected chi connectivity index (χ3v) is 3.15. The number of rotatable bonds is 4. The molecule has 0 spiro atoms. The van der Waals surface area contributed by atoms with Crippen molar-refractivity contribution < 1.29 is 4.79 Å². The first-order chi connectivity index (χ1) is 8.25. The maximum atomic E-state index is 11.6. The molecule has 88 valence electrons. The van der Waals surface area contributed by atoms with Gasteiger partial charge in [0.05, 0.1) is 0 Å². The normalized spacial score (nSPS) is 10.1. The fraction of sp³-hybridized carbons (Fsp3) is 0.154. The highest BCUT2D eigenvalue weighted by Gasteiger charge is 2.04. The van der Waals surface area contributed by atoms with E-state index in [4.69, 9.17) is 5.73 Å². The molecule has 0 saturated carbocycles. The molecule has 0 aliphatic rings. The Balaban J connectivity index is 1.80. The Morgan fingerprint density at radius 1 is 1.24 bits per heavy atom. The quantitative estimate of drug-likeness (QED) is 0.813. The van der Waals surface area contributed by atoms with Crippen LogP contribution in [-0.4, -0.2) is 12.5 Å². The molecule has 4 heteroatoms. The first-order valence-corrected chi connectivity index (χ1v) is 6.35. The van der Waals surface area contributed by atoms with E-state index in [1.807, 2.05) is 41.1 Å². The Bertz CT molecular complexity index is 477. The first-order valence-electron chi connectivity index (χ1n) is 5.40. The highest BCUT2D eigenvalue weighted by Crippen LogP contribution is 2.07. The van der Waals surface area contributed by atoms with Crippen LogP contribution in [0.15, 0.2) is 41.1 Å². The topological polar surface area (TPSA) is 55.1 Å². The van der Waals surface area contributed by atoms with E-state index < -0.39 is 0 Å². The van der Waals surface area contributed by atoms with Gasteiger partial charge in [0, 0.05) is 23.2 Å². The van der Waals surface area contributed by atoms with Crippen LogP contribution in [0.1, 0.15) is 15.9 Å². The number of anilines is 1. The van der Waals surface area contributed by atoms with Gasteiger partial charge >= 0.3 is 0 Å². The minimum Gasteiger partial charge on any atom is -0.399 e. The molecule has 0 saturated heterocycles. The van der Waals surface area contributed by atoms with Crippen LogP contribution < -0.4 is 11.1 Å². The number of amides is 1. The lowest BCUT2D eigenvalue weighted by atomic mass is 10.1. The van der Waals surface area contributed by atoms with Gasteiger partial charge in [-0.3, -0.25) is 4.79 Å². The van der Waals surface area contributed by atoms with Crippen molar-refractivity contribution in [3.8, 4) is 0 Å². The van der Waals surface area contributed by atoms with E-state index in [2.05, 4.69) is 5.32 Å². The third-order valence-electron chi connectivity index (χ3n) is 2.46. The highest BCUT2D eigenvalue weighted by molar-refractivity contribution is 7.08. The Morgan fingerprint density at radius 2 is 2.00 bits per heavy atom. The van der Waals surface area contributed by atoms with E-state index in [0.29, 0.717) is 6.54 Å². The van der Waals surface area contributed by atoms with Crippen molar-refractivity contribution in [2.45, 2.75) is 6.42 Å². The summed E-state index contributed by atoms with van der Waals surface area (Å²) in [6.07, 6.45) is 0.816. The molecule has 0 radical (unpaired) electrons. The van der Waals surface area contributed by atoms with Crippen molar-refractivity contribution in [3.05, 3.63) is 52.2 Å². The van der Waals surface area contributed by atoms with E-state index in [9.17, 15) is 4.79 Å². The van der Waals surface area contributed by atoms with E-state index >= 15 is 0 Å². The van der Waals surface area contributed by atoms with Crippen LogP contribution in [0.25, 0.3) is 0 Å². The fourth-order valence-corrected chi connectivity index (χ4v) is 2.14. The van der Waals surface area contributed by atoms with Crippen molar-refractivity contribution in [2.75, 3.05) is 12.3 Å². The molecule has 1 aromatic carbocycles. The summed E-state index contributed by atoms with van der Waals surface area (Å²) in [5, 5.41) is 6.63. The lowest BCUT2D eigenvalue weighted by Crippen LogP contribution is -2.25. The lowest BCUT2D eigenvalue weighted by molar-refractivity contribution is 0.0954. The van der Waals surface area contributed by atoms with Crippen LogP contribution in [-0.2, 0) is 6.42 Å². The average molecular weight is 246 g/mol. The van der Waals surface area contributed by atoms with Crippen molar-refractivity contribution in [2.24, 2.45) is 0 Å². The van der Waals surface area contributed by atoms with Crippen LogP contribution in [0.5, 0.6) is 0 Å². The zero-order chi connectivity index (χ0) is 12.1. The zero-order valence-corrected chi connectivity index (χ0v) is 10.2. The summed E-state index contributed by atoms with van der Waals surface area (Å²) >= 11 is 1.52. The second kappa shape index (κ2) is 5.50. The van der Waals surface area contributed by atoms with Gasteiger partial charge in [-0.1, -0.05) is 12.1 Å². The summed E-state index contributed by atoms with van der Waals surface area (Å²) in [5.41, 5.74) is 8.26. The number of carbonyl (C=O) groups is 1. The first kappa shape index (κ1) is 11.7. The minimum absolute atomic E-state index is 0.0123. The molecule has 0 aliphatic heterocycles. The predicted molar refractivity (Wildman–Crippen MR) is 71.2 cm³/mol. The molecule has 3 N–H and O–H groups in total. The molecule has 1 heterocycles. The van der Waals surface area contributed by atoms with Gasteiger partial charge in [0.2, 0.25) is 0 Å². The number of nitrogens with one attached hydrogen (secondary N) is 1. The molecule has 0 fully saturated rings. The van der Waals surface area contributed by atoms with Gasteiger partial charge < -0.3 is 11.1 Å². The van der Waals surface area contributed by atoms with Gasteiger partial charge in [-0.25, -0.2) is 0 Å². The molecule has 2 rings (SSSR count). The van der Waals surface area contributed by atoms with Crippen LogP contribution in [0.2, 0.25) is 0 Å². The molecule has 2 aromatic rings. The molecule has 1 aromatic heterocycles. The molecular formula is C13H14N2OS. The Labute approximate surface area is 104 Å². The van der Waals surface area contributed by atoms with Crippen LogP contribution in [0, 0.1) is 0 Å². The summed E-state index contributed by atoms with van der Waals surface area (Å²) in [4.78, 5) is 11.6. The van der Waals surface area contributed by atoms with Gasteiger partial charge in [0.1, 0.15) is 0 Å². The van der Waals surface area contributed by atoms with Gasteiger partial charge in [-0.05, 0) is 35.6 Å². The number of thiophene rings is 1. The largest absolute Gasteiger partial charge is 0.399 e. The monoisotopic (exact) mass is 246 g/mol. The maximum Gasteiger partial charge on any atom is 0.252 e. The van der Waals surface area contributed by atoms with Crippen molar-refractivity contribution in [1.29, 1.82) is 0 Å². The van der Waals surface area contributed by atoms with E-state index in [1.54, 1.807) is 0 Å². The summed E-state index contributed by atoms with van der Waals surface area (Å²) in [6, 6.07) is 9.52. The second-order valence-electron chi connectivity index (χ2n) is 3.76. The van der Waals surface area contributed by atoms with E-state index in [0.717, 1.165) is 17.7 Å². The summed E-state index contributed by atoms with van der Waals surface area (Å²) in [6.45, 7) is 0.637. The van der Waals surface area contributed by atoms with Crippen LogP contribution in [0.3, 0.4) is 0 Å². The predicted octanol–water partition coefficient (Wildman–Crippen LogP) is 2.30. The average Bonchev–Trinajstić information content (AvgIpc) is 2.85. The summed E-state index contributed by atoms with van der Waals surface area (Å²) < 4.78 is 0. The third kappa shape index (κ3) is 3.32. The van der Waals surface area contributed by atoms with Gasteiger partial charge in [-0.2, -0.15) is 11.3 Å². The molecule has 0 atom stereocenters. The number of hydrogen-bond acceptors (Lipinski definition) is 3. The van der Waals surface area contributed by atoms with Crippen molar-refractivity contribution >= 4 is 22.9 Å². The Hall–Kier alpha value is -1.81. The van der Waals surface area contributed by atoms with Gasteiger partial charge in [0.15, 0.2) is 0 Å². The second-order valence-corrected chi connectivity index (χ2v) is 4.54. The van der Waals surface area contributed by atoms with Crippen LogP contribution in [0.4, 0.5) is 5.69 Å². The van der Waals surface area contributed by atoms with E-state index in [-0.39, 0.29) is 5.91 Å². The standard InChI is InChI=1S/C13H14N2OS/c14-12-3-1-10(2-4-12)5-7-15-13(16)11-6-8-17-9-11/h1-4,6,8-9H,5,7,14H2,(H,15,16). The fourth-order valence-electron chi connectivity index (χ4n) is 1.50. The van der Waals surface area contributed by atoms with Gasteiger partial charge in [-0.15, -0.1) is 0 Å². The van der Waals surface area contributed by atoms with Crippen LogP contribution >= 0.6 is 11.3 Å². The smallest absolute Gasteiger partial charge is 0.252 e. The van der Waals surface area contributed by atoms with Crippen molar-refractivity contribution in [3.63, 3.8) is 0 Å². The Morgan fingerprint density at radius 3 is 2.65 bits per heavy atom. The number of nitrogen functional groups attached to an aromatic ring is 1.